The van der Waals surface area contributed by atoms with Crippen LogP contribution in [0.4, 0.5) is 0 Å². The second-order valence-electron chi connectivity index (χ2n) is 10.3. The summed E-state index contributed by atoms with van der Waals surface area (Å²) < 4.78 is 6.53. The molecular formula is C37H25N3O. The second kappa shape index (κ2) is 9.61. The van der Waals surface area contributed by atoms with Crippen molar-refractivity contribution >= 4 is 44.4 Å². The highest BCUT2D eigenvalue weighted by molar-refractivity contribution is 6.17. The summed E-state index contributed by atoms with van der Waals surface area (Å²) in [6, 6.07) is 48.0. The van der Waals surface area contributed by atoms with Crippen molar-refractivity contribution < 1.29 is 4.42 Å². The summed E-state index contributed by atoms with van der Waals surface area (Å²) in [4.78, 5) is 10.4. The van der Waals surface area contributed by atoms with E-state index >= 15 is 0 Å². The van der Waals surface area contributed by atoms with E-state index in [2.05, 4.69) is 108 Å². The lowest BCUT2D eigenvalue weighted by molar-refractivity contribution is 0.668. The van der Waals surface area contributed by atoms with Crippen LogP contribution >= 0.6 is 0 Å². The number of aliphatic imine (C=N–C) groups is 2. The van der Waals surface area contributed by atoms with Crippen LogP contribution in [0.1, 0.15) is 22.9 Å². The molecule has 6 aromatic carbocycles. The number of fused-ring (bicyclic) bond motifs is 4. The Morgan fingerprint density at radius 2 is 1.20 bits per heavy atom. The number of rotatable bonds is 4. The zero-order chi connectivity index (χ0) is 27.2. The Kier molecular flexibility index (Phi) is 5.49. The summed E-state index contributed by atoms with van der Waals surface area (Å²) in [6.45, 7) is 0. The number of furan rings is 1. The molecule has 0 spiro atoms. The van der Waals surface area contributed by atoms with Crippen molar-refractivity contribution in [3.63, 3.8) is 0 Å². The Bertz CT molecular complexity index is 2120. The van der Waals surface area contributed by atoms with Crippen LogP contribution in [-0.2, 0) is 0 Å². The summed E-state index contributed by atoms with van der Waals surface area (Å²) in [6.07, 6.45) is -0.457. The molecule has 2 heterocycles. The molecule has 7 aromatic rings. The van der Waals surface area contributed by atoms with Gasteiger partial charge in [-0.05, 0) is 28.5 Å². The van der Waals surface area contributed by atoms with Gasteiger partial charge in [0.05, 0.1) is 0 Å². The molecule has 1 N–H and O–H groups in total. The van der Waals surface area contributed by atoms with Gasteiger partial charge in [0.1, 0.15) is 22.8 Å². The van der Waals surface area contributed by atoms with Crippen LogP contribution in [0.25, 0.3) is 43.8 Å². The Balaban J connectivity index is 1.36. The zero-order valence-electron chi connectivity index (χ0n) is 22.2. The predicted molar refractivity (Wildman–Crippen MR) is 168 cm³/mol. The van der Waals surface area contributed by atoms with E-state index < -0.39 is 6.17 Å². The number of nitrogens with one attached hydrogen (secondary N) is 1. The van der Waals surface area contributed by atoms with E-state index in [4.69, 9.17) is 14.4 Å². The molecular weight excluding hydrogens is 502 g/mol. The molecule has 194 valence electrons. The maximum absolute atomic E-state index is 6.53. The van der Waals surface area contributed by atoms with Crippen LogP contribution in [-0.4, -0.2) is 11.7 Å². The van der Waals surface area contributed by atoms with Gasteiger partial charge in [0.25, 0.3) is 0 Å². The van der Waals surface area contributed by atoms with Crippen molar-refractivity contribution in [1.82, 2.24) is 5.32 Å². The standard InChI is InChI=1S/C37H25N3O/c1-3-12-25(13-4-1)29-21-22-31(33-30-17-9-10-18-32(30)41-34(29)33)37-39-35(26-14-5-2-6-15-26)38-36(40-37)28-20-19-24-11-7-8-16-27(24)23-28/h1-23,37H,(H,38,39,40). The average molecular weight is 528 g/mol. The Labute approximate surface area is 237 Å². The van der Waals surface area contributed by atoms with E-state index in [-0.39, 0.29) is 0 Å². The Morgan fingerprint density at radius 1 is 0.537 bits per heavy atom. The molecule has 8 rings (SSSR count). The fraction of sp³-hybridized carbons (Fsp3) is 0.0270. The smallest absolute Gasteiger partial charge is 0.170 e. The molecule has 1 atom stereocenters. The number of benzene rings is 6. The van der Waals surface area contributed by atoms with Gasteiger partial charge in [0.2, 0.25) is 0 Å². The van der Waals surface area contributed by atoms with Gasteiger partial charge in [-0.1, -0.05) is 127 Å². The third-order valence-electron chi connectivity index (χ3n) is 7.73. The molecule has 4 heteroatoms. The summed E-state index contributed by atoms with van der Waals surface area (Å²) in [5.41, 5.74) is 6.92. The van der Waals surface area contributed by atoms with Crippen molar-refractivity contribution in [1.29, 1.82) is 0 Å². The first-order chi connectivity index (χ1) is 20.3. The highest BCUT2D eigenvalue weighted by atomic mass is 16.3. The summed E-state index contributed by atoms with van der Waals surface area (Å²) >= 11 is 0. The molecule has 0 saturated heterocycles. The van der Waals surface area contributed by atoms with Crippen LogP contribution in [0.2, 0.25) is 0 Å². The molecule has 1 aliphatic rings. The van der Waals surface area contributed by atoms with Gasteiger partial charge in [-0.15, -0.1) is 0 Å². The predicted octanol–water partition coefficient (Wildman–Crippen LogP) is 8.90. The zero-order valence-corrected chi connectivity index (χ0v) is 22.2. The van der Waals surface area contributed by atoms with Crippen molar-refractivity contribution in [3.05, 3.63) is 156 Å². The van der Waals surface area contributed by atoms with Crippen LogP contribution in [0.5, 0.6) is 0 Å². The van der Waals surface area contributed by atoms with E-state index in [1.54, 1.807) is 0 Å². The van der Waals surface area contributed by atoms with Crippen molar-refractivity contribution in [2.45, 2.75) is 6.17 Å². The third-order valence-corrected chi connectivity index (χ3v) is 7.73. The molecule has 0 bridgehead atoms. The Morgan fingerprint density at radius 3 is 2.00 bits per heavy atom. The topological polar surface area (TPSA) is 49.9 Å². The van der Waals surface area contributed by atoms with Crippen molar-refractivity contribution in [2.75, 3.05) is 0 Å². The maximum atomic E-state index is 6.53. The molecule has 0 radical (unpaired) electrons. The highest BCUT2D eigenvalue weighted by Crippen LogP contribution is 2.41. The molecule has 0 saturated carbocycles. The van der Waals surface area contributed by atoms with Crippen LogP contribution in [0.3, 0.4) is 0 Å². The number of amidine groups is 2. The number of nitrogens with zero attached hydrogens (tertiary/aromatic N) is 2. The lowest BCUT2D eigenvalue weighted by atomic mass is 9.97. The summed E-state index contributed by atoms with van der Waals surface area (Å²) in [5, 5.41) is 8.02. The second-order valence-corrected chi connectivity index (χ2v) is 10.3. The van der Waals surface area contributed by atoms with Gasteiger partial charge in [0, 0.05) is 33.0 Å². The highest BCUT2D eigenvalue weighted by Gasteiger charge is 2.25. The van der Waals surface area contributed by atoms with Crippen LogP contribution in [0, 0.1) is 0 Å². The lowest BCUT2D eigenvalue weighted by Gasteiger charge is -2.23. The van der Waals surface area contributed by atoms with Gasteiger partial charge in [0.15, 0.2) is 6.17 Å². The average Bonchev–Trinajstić information content (AvgIpc) is 3.44. The summed E-state index contributed by atoms with van der Waals surface area (Å²) in [7, 11) is 0. The van der Waals surface area contributed by atoms with Crippen LogP contribution in [0.15, 0.2) is 154 Å². The van der Waals surface area contributed by atoms with Gasteiger partial charge in [-0.2, -0.15) is 0 Å². The molecule has 1 aromatic heterocycles. The van der Waals surface area contributed by atoms with E-state index in [1.807, 2.05) is 36.4 Å². The van der Waals surface area contributed by atoms with Crippen LogP contribution < -0.4 is 5.32 Å². The molecule has 1 unspecified atom stereocenters. The fourth-order valence-electron chi connectivity index (χ4n) is 5.73. The number of hydrogen-bond acceptors (Lipinski definition) is 4. The normalized spacial score (nSPS) is 15.1. The molecule has 1 aliphatic heterocycles. The van der Waals surface area contributed by atoms with Gasteiger partial charge in [-0.25, -0.2) is 9.98 Å². The lowest BCUT2D eigenvalue weighted by Crippen LogP contribution is -2.36. The fourth-order valence-corrected chi connectivity index (χ4v) is 5.73. The molecule has 0 aliphatic carbocycles. The first-order valence-electron chi connectivity index (χ1n) is 13.8. The minimum Gasteiger partial charge on any atom is -0.455 e. The monoisotopic (exact) mass is 527 g/mol. The first kappa shape index (κ1) is 23.4. The van der Waals surface area contributed by atoms with E-state index in [0.717, 1.165) is 61.4 Å². The van der Waals surface area contributed by atoms with Gasteiger partial charge in [-0.3, -0.25) is 0 Å². The number of para-hydroxylation sites is 1. The summed E-state index contributed by atoms with van der Waals surface area (Å²) in [5.74, 6) is 1.59. The minimum atomic E-state index is -0.457. The molecule has 0 fully saturated rings. The third kappa shape index (κ3) is 4.09. The molecule has 41 heavy (non-hydrogen) atoms. The minimum absolute atomic E-state index is 0.457. The first-order valence-corrected chi connectivity index (χ1v) is 13.8. The van der Waals surface area contributed by atoms with E-state index in [9.17, 15) is 0 Å². The SMILES string of the molecule is c1ccc(C2=NC(c3ccc(-c4ccccc4)c4oc5ccccc5c34)N=C(c3ccc4ccccc4c3)N2)cc1. The maximum Gasteiger partial charge on any atom is 0.170 e. The van der Waals surface area contributed by atoms with E-state index in [1.165, 1.54) is 10.8 Å². The van der Waals surface area contributed by atoms with Crippen molar-refractivity contribution in [2.24, 2.45) is 9.98 Å². The molecule has 4 nitrogen and oxygen atoms in total. The van der Waals surface area contributed by atoms with Crippen molar-refractivity contribution in [3.8, 4) is 11.1 Å². The number of hydrogen-bond donors (Lipinski definition) is 1. The van der Waals surface area contributed by atoms with Gasteiger partial charge < -0.3 is 9.73 Å². The Hall–Kier alpha value is -5.48. The van der Waals surface area contributed by atoms with Gasteiger partial charge >= 0.3 is 0 Å². The molecule has 0 amide bonds. The quantitative estimate of drug-likeness (QED) is 0.248. The largest absolute Gasteiger partial charge is 0.455 e. The van der Waals surface area contributed by atoms with E-state index in [0.29, 0.717) is 0 Å².